The first-order chi connectivity index (χ1) is 18.8. The fourth-order valence-corrected chi connectivity index (χ4v) is 5.22. The highest BCUT2D eigenvalue weighted by Crippen LogP contribution is 2.25. The Kier molecular flexibility index (Phi) is 9.71. The van der Waals surface area contributed by atoms with E-state index in [1.165, 1.54) is 6.21 Å². The highest BCUT2D eigenvalue weighted by molar-refractivity contribution is 7.89. The summed E-state index contributed by atoms with van der Waals surface area (Å²) < 4.78 is 65.9. The molecule has 0 spiro atoms. The van der Waals surface area contributed by atoms with Crippen LogP contribution in [0.15, 0.2) is 70.7 Å². The number of sulfonamides is 1. The number of hydrogen-bond acceptors (Lipinski definition) is 7. The topological polar surface area (TPSA) is 151 Å². The van der Waals surface area contributed by atoms with Crippen molar-refractivity contribution in [3.63, 3.8) is 0 Å². The van der Waals surface area contributed by atoms with E-state index in [4.69, 9.17) is 20.5 Å². The van der Waals surface area contributed by atoms with Crippen molar-refractivity contribution < 1.29 is 41.0 Å². The first-order valence-corrected chi connectivity index (χ1v) is 13.4. The Morgan fingerprint density at radius 2 is 1.88 bits per heavy atom. The van der Waals surface area contributed by atoms with Gasteiger partial charge in [-0.25, -0.2) is 13.2 Å². The molecular formula is C26H27F3N4O6S. The van der Waals surface area contributed by atoms with Crippen LogP contribution < -0.4 is 15.3 Å². The molecule has 0 unspecified atom stereocenters. The summed E-state index contributed by atoms with van der Waals surface area (Å²) in [6.45, 7) is 3.27. The van der Waals surface area contributed by atoms with Gasteiger partial charge in [-0.05, 0) is 65.6 Å². The summed E-state index contributed by atoms with van der Waals surface area (Å²) in [5, 5.41) is 12.3. The number of halogens is 3. The SMILES string of the molecule is CCOc1ccc2ccc(S(=O)(=O)N[C@H]3CCN(Cc4cccc(C=NN)c4)C3=O)cc2c1.O=C(O)C(F)(F)F. The predicted octanol–water partition coefficient (Wildman–Crippen LogP) is 3.24. The van der Waals surface area contributed by atoms with Gasteiger partial charge in [0.2, 0.25) is 15.9 Å². The number of carboxylic acid groups (broad SMARTS) is 1. The Bertz CT molecular complexity index is 1510. The largest absolute Gasteiger partial charge is 0.494 e. The smallest absolute Gasteiger partial charge is 0.490 e. The lowest BCUT2D eigenvalue weighted by Crippen LogP contribution is -2.41. The molecule has 0 radical (unpaired) electrons. The number of ether oxygens (including phenoxy) is 1. The van der Waals surface area contributed by atoms with Crippen LogP contribution >= 0.6 is 0 Å². The van der Waals surface area contributed by atoms with Gasteiger partial charge in [-0.3, -0.25) is 4.79 Å². The van der Waals surface area contributed by atoms with Crippen LogP contribution in [0.2, 0.25) is 0 Å². The van der Waals surface area contributed by atoms with Gasteiger partial charge in [-0.2, -0.15) is 23.0 Å². The lowest BCUT2D eigenvalue weighted by molar-refractivity contribution is -0.192. The molecule has 1 heterocycles. The summed E-state index contributed by atoms with van der Waals surface area (Å²) in [5.41, 5.74) is 1.76. The van der Waals surface area contributed by atoms with Crippen molar-refractivity contribution in [2.45, 2.75) is 37.0 Å². The molecule has 214 valence electrons. The van der Waals surface area contributed by atoms with Crippen LogP contribution in [0.3, 0.4) is 0 Å². The Hall–Kier alpha value is -4.17. The van der Waals surface area contributed by atoms with E-state index in [0.29, 0.717) is 31.9 Å². The number of carboxylic acids is 1. The number of benzene rings is 3. The number of carbonyl (C=O) groups excluding carboxylic acids is 1. The fourth-order valence-electron chi connectivity index (χ4n) is 3.97. The Labute approximate surface area is 228 Å². The lowest BCUT2D eigenvalue weighted by Gasteiger charge is -2.18. The molecule has 1 atom stereocenters. The van der Waals surface area contributed by atoms with E-state index in [0.717, 1.165) is 21.9 Å². The van der Waals surface area contributed by atoms with Gasteiger partial charge < -0.3 is 20.6 Å². The second-order valence-electron chi connectivity index (χ2n) is 8.65. The van der Waals surface area contributed by atoms with E-state index in [1.54, 1.807) is 23.1 Å². The molecule has 1 saturated heterocycles. The summed E-state index contributed by atoms with van der Waals surface area (Å²) >= 11 is 0. The fraction of sp³-hybridized carbons (Fsp3) is 0.269. The molecule has 1 aliphatic rings. The number of nitrogens with two attached hydrogens (primary N) is 1. The molecular weight excluding hydrogens is 553 g/mol. The van der Waals surface area contributed by atoms with Crippen molar-refractivity contribution >= 4 is 38.9 Å². The standard InChI is InChI=1S/C24H26N4O4S.C2HF3O2/c1-2-32-21-8-6-19-7-9-22(14-20(19)13-21)33(30,31)27-23-10-11-28(24(23)29)16-18-5-3-4-17(12-18)15-26-25;3-2(4,5)1(6)7/h3-9,12-15,23,27H,2,10-11,16,25H2,1H3;(H,6,7)/t23-;/m0./s1. The van der Waals surface area contributed by atoms with E-state index in [1.807, 2.05) is 49.4 Å². The van der Waals surface area contributed by atoms with Crippen molar-refractivity contribution in [3.8, 4) is 5.75 Å². The number of likely N-dealkylation sites (tertiary alicyclic amines) is 1. The van der Waals surface area contributed by atoms with Crippen LogP contribution in [0, 0.1) is 0 Å². The second kappa shape index (κ2) is 12.8. The average Bonchev–Trinajstić information content (AvgIpc) is 3.22. The molecule has 0 aromatic heterocycles. The number of fused-ring (bicyclic) bond motifs is 1. The minimum absolute atomic E-state index is 0.115. The molecule has 0 aliphatic carbocycles. The highest BCUT2D eigenvalue weighted by atomic mass is 32.2. The monoisotopic (exact) mass is 580 g/mol. The molecule has 1 amide bonds. The minimum Gasteiger partial charge on any atom is -0.494 e. The van der Waals surface area contributed by atoms with Crippen molar-refractivity contribution in [1.82, 2.24) is 9.62 Å². The number of alkyl halides is 3. The molecule has 1 aliphatic heterocycles. The van der Waals surface area contributed by atoms with Crippen molar-refractivity contribution in [2.75, 3.05) is 13.2 Å². The van der Waals surface area contributed by atoms with Gasteiger partial charge in [0.05, 0.1) is 17.7 Å². The lowest BCUT2D eigenvalue weighted by atomic mass is 10.1. The van der Waals surface area contributed by atoms with Gasteiger partial charge in [0.1, 0.15) is 11.8 Å². The van der Waals surface area contributed by atoms with Gasteiger partial charge in [-0.15, -0.1) is 0 Å². The van der Waals surface area contributed by atoms with Crippen LogP contribution in [0.4, 0.5) is 13.2 Å². The van der Waals surface area contributed by atoms with Crippen molar-refractivity contribution in [2.24, 2.45) is 10.9 Å². The number of carbonyl (C=O) groups is 2. The van der Waals surface area contributed by atoms with Crippen LogP contribution in [-0.4, -0.2) is 61.9 Å². The maximum atomic E-state index is 13.0. The van der Waals surface area contributed by atoms with Crippen LogP contribution in [-0.2, 0) is 26.2 Å². The molecule has 14 heteroatoms. The average molecular weight is 581 g/mol. The summed E-state index contributed by atoms with van der Waals surface area (Å²) in [7, 11) is -3.87. The maximum absolute atomic E-state index is 13.0. The second-order valence-corrected chi connectivity index (χ2v) is 10.4. The van der Waals surface area contributed by atoms with Crippen LogP contribution in [0.5, 0.6) is 5.75 Å². The molecule has 0 bridgehead atoms. The van der Waals surface area contributed by atoms with Gasteiger partial charge in [-0.1, -0.05) is 30.3 Å². The molecule has 0 saturated carbocycles. The summed E-state index contributed by atoms with van der Waals surface area (Å²) in [5.74, 6) is 2.89. The molecule has 10 nitrogen and oxygen atoms in total. The summed E-state index contributed by atoms with van der Waals surface area (Å²) in [4.78, 5) is 23.6. The Morgan fingerprint density at radius 1 is 1.18 bits per heavy atom. The predicted molar refractivity (Wildman–Crippen MR) is 141 cm³/mol. The highest BCUT2D eigenvalue weighted by Gasteiger charge is 2.38. The summed E-state index contributed by atoms with van der Waals surface area (Å²) in [6, 6.07) is 17.2. The molecule has 3 aromatic carbocycles. The molecule has 3 aromatic rings. The zero-order valence-corrected chi connectivity index (χ0v) is 22.1. The molecule has 4 N–H and O–H groups in total. The van der Waals surface area contributed by atoms with Gasteiger partial charge in [0, 0.05) is 13.1 Å². The first kappa shape index (κ1) is 30.4. The number of amides is 1. The normalized spacial score (nSPS) is 15.8. The van der Waals surface area contributed by atoms with Gasteiger partial charge in [0.15, 0.2) is 0 Å². The number of hydrogen-bond donors (Lipinski definition) is 3. The first-order valence-electron chi connectivity index (χ1n) is 11.9. The molecule has 4 rings (SSSR count). The zero-order valence-electron chi connectivity index (χ0n) is 21.3. The molecule has 40 heavy (non-hydrogen) atoms. The quantitative estimate of drug-likeness (QED) is 0.210. The Morgan fingerprint density at radius 3 is 2.52 bits per heavy atom. The van der Waals surface area contributed by atoms with E-state index >= 15 is 0 Å². The van der Waals surface area contributed by atoms with Gasteiger partial charge >= 0.3 is 12.1 Å². The van der Waals surface area contributed by atoms with Crippen LogP contribution in [0.1, 0.15) is 24.5 Å². The number of hydrazone groups is 1. The molecule has 1 fully saturated rings. The van der Waals surface area contributed by atoms with Crippen molar-refractivity contribution in [1.29, 1.82) is 0 Å². The maximum Gasteiger partial charge on any atom is 0.490 e. The third-order valence-electron chi connectivity index (χ3n) is 5.79. The van der Waals surface area contributed by atoms with Gasteiger partial charge in [0.25, 0.3) is 0 Å². The number of nitrogens with one attached hydrogen (secondary N) is 1. The third kappa shape index (κ3) is 7.93. The van der Waals surface area contributed by atoms with E-state index in [2.05, 4.69) is 9.82 Å². The van der Waals surface area contributed by atoms with E-state index in [-0.39, 0.29) is 10.8 Å². The third-order valence-corrected chi connectivity index (χ3v) is 7.26. The van der Waals surface area contributed by atoms with Crippen LogP contribution in [0.25, 0.3) is 10.8 Å². The van der Waals surface area contributed by atoms with Crippen molar-refractivity contribution in [3.05, 3.63) is 71.8 Å². The minimum atomic E-state index is -5.08. The number of rotatable bonds is 8. The number of nitrogens with zero attached hydrogens (tertiary/aromatic N) is 2. The van der Waals surface area contributed by atoms with E-state index < -0.39 is 28.2 Å². The van der Waals surface area contributed by atoms with E-state index in [9.17, 15) is 26.4 Å². The Balaban J connectivity index is 0.000000559. The number of aliphatic carboxylic acids is 1. The summed E-state index contributed by atoms with van der Waals surface area (Å²) in [6.07, 6.45) is -3.14. The zero-order chi connectivity index (χ0) is 29.5.